The number of aliphatic hydroxyl groups is 1. The lowest BCUT2D eigenvalue weighted by Gasteiger charge is -2.42. The van der Waals surface area contributed by atoms with Gasteiger partial charge in [0.05, 0.1) is 17.0 Å². The first kappa shape index (κ1) is 29.0. The summed E-state index contributed by atoms with van der Waals surface area (Å²) in [6.45, 7) is 7.43. The molecule has 1 amide bonds. The average molecular weight is 587 g/mol. The van der Waals surface area contributed by atoms with Crippen molar-refractivity contribution in [3.8, 4) is 5.75 Å². The molecule has 1 aliphatic heterocycles. The second-order valence-electron chi connectivity index (χ2n) is 11.6. The van der Waals surface area contributed by atoms with Gasteiger partial charge >= 0.3 is 0 Å². The number of nitrogens with one attached hydrogen (secondary N) is 1. The SMILES string of the molecule is C=CC1CC(S(=O)(=O)NC(=O)c2ccc3c(c2)N(C[C@@H]2CC[C@H]2[C@H](C)O)CCCCc2cc(Cl)ccc2CO3)C1. The first-order chi connectivity index (χ1) is 19.1. The van der Waals surface area contributed by atoms with Crippen molar-refractivity contribution >= 4 is 33.2 Å². The van der Waals surface area contributed by atoms with Gasteiger partial charge in [0.25, 0.3) is 5.91 Å². The summed E-state index contributed by atoms with van der Waals surface area (Å²) in [6, 6.07) is 11.0. The van der Waals surface area contributed by atoms with Crippen LogP contribution in [-0.4, -0.2) is 43.9 Å². The molecule has 9 heteroatoms. The van der Waals surface area contributed by atoms with Crippen LogP contribution in [0.25, 0.3) is 0 Å². The second-order valence-corrected chi connectivity index (χ2v) is 14.0. The number of halogens is 1. The van der Waals surface area contributed by atoms with E-state index in [0.29, 0.717) is 36.1 Å². The number of allylic oxidation sites excluding steroid dienone is 1. The van der Waals surface area contributed by atoms with Crippen LogP contribution in [-0.2, 0) is 23.1 Å². The Morgan fingerprint density at radius 2 is 2.00 bits per heavy atom. The molecule has 5 rings (SSSR count). The summed E-state index contributed by atoms with van der Waals surface area (Å²) in [5.74, 6) is 0.761. The van der Waals surface area contributed by atoms with Gasteiger partial charge in [0.15, 0.2) is 0 Å². The van der Waals surface area contributed by atoms with E-state index in [1.165, 1.54) is 5.56 Å². The van der Waals surface area contributed by atoms with Gasteiger partial charge in [-0.3, -0.25) is 4.79 Å². The molecule has 0 unspecified atom stereocenters. The summed E-state index contributed by atoms with van der Waals surface area (Å²) in [5, 5.41) is 10.4. The van der Waals surface area contributed by atoms with Gasteiger partial charge in [-0.15, -0.1) is 6.58 Å². The van der Waals surface area contributed by atoms with Crippen LogP contribution in [0.4, 0.5) is 5.69 Å². The van der Waals surface area contributed by atoms with E-state index in [9.17, 15) is 18.3 Å². The molecule has 2 aliphatic carbocycles. The van der Waals surface area contributed by atoms with Crippen LogP contribution in [0.1, 0.15) is 66.9 Å². The number of anilines is 1. The fraction of sp³-hybridized carbons (Fsp3) is 0.516. The van der Waals surface area contributed by atoms with E-state index in [2.05, 4.69) is 16.2 Å². The third-order valence-electron chi connectivity index (χ3n) is 8.93. The van der Waals surface area contributed by atoms with Gasteiger partial charge in [0, 0.05) is 23.7 Å². The number of aryl methyl sites for hydroxylation is 1. The van der Waals surface area contributed by atoms with Gasteiger partial charge < -0.3 is 14.7 Å². The molecule has 2 saturated carbocycles. The predicted octanol–water partition coefficient (Wildman–Crippen LogP) is 5.49. The molecule has 2 aromatic carbocycles. The molecule has 7 nitrogen and oxygen atoms in total. The third-order valence-corrected chi connectivity index (χ3v) is 10.9. The number of sulfonamides is 1. The maximum atomic E-state index is 13.2. The standard InChI is InChI=1S/C31H39ClN2O5S/c1-3-21-14-27(15-21)40(37,38)33-31(36)23-9-12-30-29(17-23)34(18-24-8-11-28(24)20(2)35)13-5-4-6-22-16-26(32)10-7-25(22)19-39-30/h3,7,9-10,12,16-17,20-21,24,27-28,35H,1,4-6,8,11,13-15,18-19H2,2H3,(H,33,36)/t20-,21?,24-,27?,28-/m0/s1. The first-order valence-corrected chi connectivity index (χ1v) is 16.2. The largest absolute Gasteiger partial charge is 0.487 e. The molecule has 3 aliphatic rings. The fourth-order valence-electron chi connectivity index (χ4n) is 6.14. The lowest BCUT2D eigenvalue weighted by Crippen LogP contribution is -2.44. The van der Waals surface area contributed by atoms with Crippen LogP contribution in [0.5, 0.6) is 5.75 Å². The molecule has 2 N–H and O–H groups in total. The molecule has 216 valence electrons. The van der Waals surface area contributed by atoms with Gasteiger partial charge in [0.1, 0.15) is 12.4 Å². The lowest BCUT2D eigenvalue weighted by atomic mass is 9.70. The lowest BCUT2D eigenvalue weighted by molar-refractivity contribution is 0.0282. The minimum Gasteiger partial charge on any atom is -0.487 e. The van der Waals surface area contributed by atoms with E-state index in [-0.39, 0.29) is 23.5 Å². The highest BCUT2D eigenvalue weighted by Gasteiger charge is 2.39. The quantitative estimate of drug-likeness (QED) is 0.416. The Morgan fingerprint density at radius 1 is 1.20 bits per heavy atom. The Bertz CT molecular complexity index is 1360. The van der Waals surface area contributed by atoms with Crippen LogP contribution in [0.15, 0.2) is 49.1 Å². The van der Waals surface area contributed by atoms with E-state index >= 15 is 0 Å². The molecule has 0 bridgehead atoms. The molecule has 40 heavy (non-hydrogen) atoms. The zero-order valence-corrected chi connectivity index (χ0v) is 24.6. The summed E-state index contributed by atoms with van der Waals surface area (Å²) in [7, 11) is -3.78. The monoisotopic (exact) mass is 586 g/mol. The van der Waals surface area contributed by atoms with Crippen molar-refractivity contribution < 1.29 is 23.1 Å². The number of hydrogen-bond donors (Lipinski definition) is 2. The van der Waals surface area contributed by atoms with Crippen LogP contribution in [0.3, 0.4) is 0 Å². The molecule has 0 radical (unpaired) electrons. The van der Waals surface area contributed by atoms with E-state index in [1.807, 2.05) is 25.1 Å². The number of carbonyl (C=O) groups excluding carboxylic acids is 1. The number of aliphatic hydroxyl groups excluding tert-OH is 1. The Kier molecular flexibility index (Phi) is 8.78. The van der Waals surface area contributed by atoms with Crippen molar-refractivity contribution in [3.05, 3.63) is 70.8 Å². The molecule has 0 aromatic heterocycles. The number of fused-ring (bicyclic) bond motifs is 2. The highest BCUT2D eigenvalue weighted by Crippen LogP contribution is 2.40. The van der Waals surface area contributed by atoms with E-state index in [0.717, 1.165) is 56.4 Å². The van der Waals surface area contributed by atoms with E-state index in [4.69, 9.17) is 16.3 Å². The summed E-state index contributed by atoms with van der Waals surface area (Å²) in [5.41, 5.74) is 3.29. The first-order valence-electron chi connectivity index (χ1n) is 14.3. The van der Waals surface area contributed by atoms with Crippen LogP contribution in [0, 0.1) is 17.8 Å². The predicted molar refractivity (Wildman–Crippen MR) is 158 cm³/mol. The molecule has 1 heterocycles. The summed E-state index contributed by atoms with van der Waals surface area (Å²) in [6.07, 6.45) is 7.19. The van der Waals surface area contributed by atoms with Gasteiger partial charge in [-0.1, -0.05) is 23.7 Å². The number of hydrogen-bond acceptors (Lipinski definition) is 6. The molecular formula is C31H39ClN2O5S. The van der Waals surface area contributed by atoms with Crippen molar-refractivity contribution in [2.45, 2.75) is 69.8 Å². The van der Waals surface area contributed by atoms with Crippen molar-refractivity contribution in [2.75, 3.05) is 18.0 Å². The zero-order chi connectivity index (χ0) is 28.4. The Morgan fingerprint density at radius 3 is 2.70 bits per heavy atom. The highest BCUT2D eigenvalue weighted by atomic mass is 35.5. The van der Waals surface area contributed by atoms with Gasteiger partial charge in [-0.05, 0) is 111 Å². The van der Waals surface area contributed by atoms with Gasteiger partial charge in [-0.2, -0.15) is 0 Å². The number of ether oxygens (including phenoxy) is 1. The van der Waals surface area contributed by atoms with Crippen molar-refractivity contribution in [2.24, 2.45) is 17.8 Å². The number of nitrogens with zero attached hydrogens (tertiary/aromatic N) is 1. The summed E-state index contributed by atoms with van der Waals surface area (Å²) in [4.78, 5) is 15.4. The Hall–Kier alpha value is -2.55. The maximum Gasteiger partial charge on any atom is 0.264 e. The third kappa shape index (κ3) is 6.34. The summed E-state index contributed by atoms with van der Waals surface area (Å²) < 4.78 is 34.3. The molecular weight excluding hydrogens is 548 g/mol. The van der Waals surface area contributed by atoms with Crippen LogP contribution >= 0.6 is 11.6 Å². The number of amides is 1. The van der Waals surface area contributed by atoms with Gasteiger partial charge in [-0.25, -0.2) is 13.1 Å². The Balaban J connectivity index is 1.43. The van der Waals surface area contributed by atoms with Crippen molar-refractivity contribution in [1.82, 2.24) is 4.72 Å². The number of benzene rings is 2. The number of rotatable bonds is 7. The topological polar surface area (TPSA) is 95.9 Å². The minimum absolute atomic E-state index is 0.175. The van der Waals surface area contributed by atoms with E-state index in [1.54, 1.807) is 24.3 Å². The molecule has 2 fully saturated rings. The number of carbonyl (C=O) groups is 1. The van der Waals surface area contributed by atoms with Crippen LogP contribution < -0.4 is 14.4 Å². The second kappa shape index (κ2) is 12.1. The van der Waals surface area contributed by atoms with Crippen molar-refractivity contribution in [1.29, 1.82) is 0 Å². The van der Waals surface area contributed by atoms with E-state index < -0.39 is 21.2 Å². The molecule has 3 atom stereocenters. The normalized spacial score (nSPS) is 25.5. The Labute approximate surface area is 242 Å². The van der Waals surface area contributed by atoms with Crippen molar-refractivity contribution in [3.63, 3.8) is 0 Å². The van der Waals surface area contributed by atoms with Gasteiger partial charge in [0.2, 0.25) is 10.0 Å². The minimum atomic E-state index is -3.78. The highest BCUT2D eigenvalue weighted by molar-refractivity contribution is 7.90. The molecule has 0 spiro atoms. The molecule has 0 saturated heterocycles. The molecule has 2 aromatic rings. The van der Waals surface area contributed by atoms with Crippen LogP contribution in [0.2, 0.25) is 5.02 Å². The fourth-order valence-corrected chi connectivity index (χ4v) is 7.88. The maximum absolute atomic E-state index is 13.2. The summed E-state index contributed by atoms with van der Waals surface area (Å²) >= 11 is 6.28. The zero-order valence-electron chi connectivity index (χ0n) is 23.0. The smallest absolute Gasteiger partial charge is 0.264 e. The average Bonchev–Trinajstić information content (AvgIpc) is 2.88.